The quantitative estimate of drug-likeness (QED) is 0.519. The van der Waals surface area contributed by atoms with Gasteiger partial charge in [-0.15, -0.1) is 0 Å². The summed E-state index contributed by atoms with van der Waals surface area (Å²) in [6.45, 7) is 2.13. The molecular weight excluding hydrogens is 430 g/mol. The third kappa shape index (κ3) is 3.17. The van der Waals surface area contributed by atoms with E-state index in [0.29, 0.717) is 24.6 Å². The molecule has 0 unspecified atom stereocenters. The summed E-state index contributed by atoms with van der Waals surface area (Å²) in [5.41, 5.74) is 22.9. The highest BCUT2D eigenvalue weighted by Gasteiger charge is 2.46. The number of nitrogens with two attached hydrogens (primary N) is 3. The molecule has 3 aromatic rings. The molecule has 174 valence electrons. The van der Waals surface area contributed by atoms with E-state index in [1.807, 2.05) is 18.5 Å². The number of amides is 1. The molecule has 0 aromatic carbocycles. The van der Waals surface area contributed by atoms with Crippen LogP contribution in [0.3, 0.4) is 0 Å². The Morgan fingerprint density at radius 2 is 1.88 bits per heavy atom. The van der Waals surface area contributed by atoms with Gasteiger partial charge in [0.1, 0.15) is 11.6 Å². The molecule has 1 atom stereocenters. The van der Waals surface area contributed by atoms with Crippen LogP contribution in [0.4, 0.5) is 23.1 Å². The van der Waals surface area contributed by atoms with Crippen LogP contribution < -0.4 is 27.0 Å². The maximum Gasteiger partial charge on any atom is 0.280 e. The molecule has 1 amide bonds. The number of piperidine rings is 1. The normalized spacial score (nSPS) is 20.4. The van der Waals surface area contributed by atoms with Gasteiger partial charge in [0, 0.05) is 44.5 Å². The Labute approximate surface area is 197 Å². The summed E-state index contributed by atoms with van der Waals surface area (Å²) in [6.07, 6.45) is 8.93. The number of nitrogens with zero attached hydrogens (tertiary/aromatic N) is 6. The van der Waals surface area contributed by atoms with Gasteiger partial charge in [0.25, 0.3) is 5.91 Å². The third-order valence-corrected chi connectivity index (χ3v) is 7.64. The number of hydrogen-bond donors (Lipinski definition) is 3. The van der Waals surface area contributed by atoms with Crippen LogP contribution in [0.2, 0.25) is 0 Å². The number of aromatic nitrogens is 4. The molecule has 0 saturated carbocycles. The van der Waals surface area contributed by atoms with E-state index in [-0.39, 0.29) is 28.9 Å². The fourth-order valence-corrected chi connectivity index (χ4v) is 5.69. The molecule has 0 radical (unpaired) electrons. The second-order valence-electron chi connectivity index (χ2n) is 9.45. The topological polar surface area (TPSA) is 153 Å². The van der Waals surface area contributed by atoms with Gasteiger partial charge in [-0.1, -0.05) is 0 Å². The molecule has 1 spiro atoms. The van der Waals surface area contributed by atoms with Gasteiger partial charge >= 0.3 is 0 Å². The molecule has 1 fully saturated rings. The van der Waals surface area contributed by atoms with Crippen LogP contribution in [0.25, 0.3) is 0 Å². The summed E-state index contributed by atoms with van der Waals surface area (Å²) in [6, 6.07) is 5.59. The molecular formula is C24H27N9O. The van der Waals surface area contributed by atoms with E-state index in [4.69, 9.17) is 17.2 Å². The number of fused-ring (bicyclic) bond motifs is 2. The predicted octanol–water partition coefficient (Wildman–Crippen LogP) is 1.48. The number of hydrogen-bond acceptors (Lipinski definition) is 9. The van der Waals surface area contributed by atoms with Gasteiger partial charge in [0.2, 0.25) is 0 Å². The average molecular weight is 458 g/mol. The van der Waals surface area contributed by atoms with Crippen molar-refractivity contribution in [2.45, 2.75) is 31.7 Å². The van der Waals surface area contributed by atoms with Gasteiger partial charge in [-0.05, 0) is 54.0 Å². The summed E-state index contributed by atoms with van der Waals surface area (Å²) >= 11 is 0. The molecule has 1 aliphatic carbocycles. The van der Waals surface area contributed by atoms with Gasteiger partial charge in [0.05, 0.1) is 17.6 Å². The van der Waals surface area contributed by atoms with E-state index in [1.54, 1.807) is 17.2 Å². The summed E-state index contributed by atoms with van der Waals surface area (Å²) in [4.78, 5) is 34.5. The van der Waals surface area contributed by atoms with Crippen molar-refractivity contribution in [2.24, 2.45) is 11.1 Å². The highest BCUT2D eigenvalue weighted by Crippen LogP contribution is 2.50. The summed E-state index contributed by atoms with van der Waals surface area (Å²) in [5, 5.41) is 0. The molecule has 0 bridgehead atoms. The van der Waals surface area contributed by atoms with Crippen molar-refractivity contribution in [3.05, 3.63) is 59.3 Å². The maximum atomic E-state index is 13.2. The van der Waals surface area contributed by atoms with Crippen molar-refractivity contribution in [1.82, 2.24) is 19.9 Å². The average Bonchev–Trinajstić information content (AvgIpc) is 3.38. The molecule has 3 aromatic heterocycles. The number of nitrogen functional groups attached to an aromatic ring is 2. The first-order chi connectivity index (χ1) is 16.4. The van der Waals surface area contributed by atoms with E-state index in [9.17, 15) is 4.79 Å². The number of carbonyl (C=O) groups is 1. The second-order valence-corrected chi connectivity index (χ2v) is 9.45. The van der Waals surface area contributed by atoms with Crippen molar-refractivity contribution in [2.75, 3.05) is 40.9 Å². The molecule has 1 saturated heterocycles. The molecule has 3 aliphatic rings. The van der Waals surface area contributed by atoms with Gasteiger partial charge in [0.15, 0.2) is 11.5 Å². The summed E-state index contributed by atoms with van der Waals surface area (Å²) < 4.78 is 0. The third-order valence-electron chi connectivity index (χ3n) is 7.64. The Kier molecular flexibility index (Phi) is 4.66. The number of rotatable bonds is 2. The van der Waals surface area contributed by atoms with Gasteiger partial charge < -0.3 is 27.0 Å². The van der Waals surface area contributed by atoms with E-state index >= 15 is 0 Å². The summed E-state index contributed by atoms with van der Waals surface area (Å²) in [7, 11) is 0. The summed E-state index contributed by atoms with van der Waals surface area (Å²) in [5.74, 6) is 0.989. The zero-order chi connectivity index (χ0) is 23.4. The van der Waals surface area contributed by atoms with E-state index < -0.39 is 0 Å². The molecule has 6 N–H and O–H groups in total. The lowest BCUT2D eigenvalue weighted by atomic mass is 9.73. The van der Waals surface area contributed by atoms with Crippen molar-refractivity contribution >= 4 is 29.0 Å². The van der Waals surface area contributed by atoms with Gasteiger partial charge in [-0.3, -0.25) is 9.78 Å². The first kappa shape index (κ1) is 20.8. The van der Waals surface area contributed by atoms with E-state index in [1.165, 1.54) is 11.1 Å². The smallest absolute Gasteiger partial charge is 0.280 e. The molecule has 10 nitrogen and oxygen atoms in total. The standard InChI is InChI=1S/C24H27N9O/c25-18-2-1-17-16(30-18)4-8-33(17)23(34)20-22(27)31-19(13-29-20)32-9-5-24(6-10-32)11-14-3-7-28-12-15(14)21(24)26/h1-3,7,12-13,21H,4-6,8-11,26H2,(H2,25,30)(H2,27,31)/t21-/m1/s1. The number of carbonyl (C=O) groups excluding carboxylic acids is 1. The number of pyridine rings is 2. The minimum atomic E-state index is -0.275. The Morgan fingerprint density at radius 3 is 2.65 bits per heavy atom. The lowest BCUT2D eigenvalue weighted by molar-refractivity contribution is 0.0985. The van der Waals surface area contributed by atoms with Gasteiger partial charge in [-0.25, -0.2) is 15.0 Å². The fraction of sp³-hybridized carbons (Fsp3) is 0.375. The van der Waals surface area contributed by atoms with Crippen molar-refractivity contribution in [1.29, 1.82) is 0 Å². The minimum Gasteiger partial charge on any atom is -0.384 e. The fourth-order valence-electron chi connectivity index (χ4n) is 5.69. The Morgan fingerprint density at radius 1 is 1.06 bits per heavy atom. The molecule has 10 heteroatoms. The van der Waals surface area contributed by atoms with Crippen molar-refractivity contribution in [3.63, 3.8) is 0 Å². The van der Waals surface area contributed by atoms with Crippen LogP contribution in [0, 0.1) is 5.41 Å². The van der Waals surface area contributed by atoms with Crippen LogP contribution in [0.5, 0.6) is 0 Å². The zero-order valence-electron chi connectivity index (χ0n) is 18.8. The van der Waals surface area contributed by atoms with Crippen LogP contribution in [-0.4, -0.2) is 45.5 Å². The highest BCUT2D eigenvalue weighted by atomic mass is 16.2. The van der Waals surface area contributed by atoms with Crippen molar-refractivity contribution < 1.29 is 4.79 Å². The largest absolute Gasteiger partial charge is 0.384 e. The number of anilines is 4. The van der Waals surface area contributed by atoms with Crippen LogP contribution >= 0.6 is 0 Å². The Balaban J connectivity index is 1.17. The first-order valence-corrected chi connectivity index (χ1v) is 11.6. The molecule has 34 heavy (non-hydrogen) atoms. The van der Waals surface area contributed by atoms with E-state index in [0.717, 1.165) is 43.7 Å². The highest BCUT2D eigenvalue weighted by molar-refractivity contribution is 6.08. The Bertz CT molecular complexity index is 1290. The Hall–Kier alpha value is -3.79. The SMILES string of the molecule is Nc1ccc2c(n1)CCN2C(=O)c1ncc(N2CCC3(CC2)Cc2ccncc2[C@H]3N)nc1N. The lowest BCUT2D eigenvalue weighted by Gasteiger charge is -2.42. The van der Waals surface area contributed by atoms with Crippen LogP contribution in [0.15, 0.2) is 36.8 Å². The van der Waals surface area contributed by atoms with Crippen LogP contribution in [0.1, 0.15) is 46.2 Å². The molecule has 5 heterocycles. The van der Waals surface area contributed by atoms with E-state index in [2.05, 4.69) is 30.9 Å². The first-order valence-electron chi connectivity index (χ1n) is 11.6. The monoisotopic (exact) mass is 457 g/mol. The van der Waals surface area contributed by atoms with Crippen molar-refractivity contribution in [3.8, 4) is 0 Å². The lowest BCUT2D eigenvalue weighted by Crippen LogP contribution is -2.44. The van der Waals surface area contributed by atoms with Gasteiger partial charge in [-0.2, -0.15) is 0 Å². The van der Waals surface area contributed by atoms with Crippen LogP contribution in [-0.2, 0) is 12.8 Å². The maximum absolute atomic E-state index is 13.2. The zero-order valence-corrected chi connectivity index (χ0v) is 18.8. The minimum absolute atomic E-state index is 0.00248. The predicted molar refractivity (Wildman–Crippen MR) is 129 cm³/mol. The molecule has 6 rings (SSSR count). The molecule has 2 aliphatic heterocycles. The second kappa shape index (κ2) is 7.63.